The maximum atomic E-state index is 15.6. The van der Waals surface area contributed by atoms with E-state index in [9.17, 15) is 138 Å². The molecule has 0 aliphatic carbocycles. The van der Waals surface area contributed by atoms with E-state index < -0.39 is 142 Å². The Balaban J connectivity index is 4.31. The van der Waals surface area contributed by atoms with Crippen LogP contribution in [0.3, 0.4) is 0 Å². The van der Waals surface area contributed by atoms with Crippen LogP contribution < -0.4 is 5.32 Å². The van der Waals surface area contributed by atoms with Crippen molar-refractivity contribution in [3.05, 3.63) is 22.8 Å². The highest BCUT2D eigenvalue weighted by atomic mass is 19.4. The van der Waals surface area contributed by atoms with Crippen LogP contribution in [0.1, 0.15) is 28.4 Å². The lowest BCUT2D eigenvalue weighted by Crippen LogP contribution is -2.79. The van der Waals surface area contributed by atoms with E-state index in [1.807, 2.05) is 0 Å². The molecule has 8 nitrogen and oxygen atoms in total. The van der Waals surface area contributed by atoms with Crippen LogP contribution in [-0.4, -0.2) is 114 Å². The molecule has 1 aromatic rings. The molecule has 0 radical (unpaired) electrons. The number of esters is 1. The Hall–Kier alpha value is -5.25. The van der Waals surface area contributed by atoms with Gasteiger partial charge in [-0.3, -0.25) is 9.59 Å². The van der Waals surface area contributed by atoms with Crippen molar-refractivity contribution in [3.63, 3.8) is 0 Å². The van der Waals surface area contributed by atoms with Crippen LogP contribution in [0.5, 0.6) is 0 Å². The Labute approximate surface area is 344 Å². The molecule has 67 heavy (non-hydrogen) atoms. The van der Waals surface area contributed by atoms with E-state index in [0.717, 1.165) is 5.32 Å². The summed E-state index contributed by atoms with van der Waals surface area (Å²) in [4.78, 5) is 50.0. The van der Waals surface area contributed by atoms with Gasteiger partial charge in [-0.1, -0.05) is 0 Å². The van der Waals surface area contributed by atoms with Crippen LogP contribution in [0.25, 0.3) is 0 Å². The van der Waals surface area contributed by atoms with Gasteiger partial charge in [0.05, 0.1) is 5.56 Å². The summed E-state index contributed by atoms with van der Waals surface area (Å²) in [5, 5.41) is 1.11. The molecule has 0 fully saturated rings. The summed E-state index contributed by atoms with van der Waals surface area (Å²) >= 11 is 0. The number of ether oxygens (including phenoxy) is 1. The van der Waals surface area contributed by atoms with E-state index >= 15 is 17.6 Å². The number of rotatable bonds is 19. The van der Waals surface area contributed by atoms with Crippen molar-refractivity contribution < 1.29 is 160 Å². The molecule has 0 spiro atoms. The lowest BCUT2D eigenvalue weighted by atomic mass is 9.81. The maximum absolute atomic E-state index is 15.6. The van der Waals surface area contributed by atoms with E-state index in [1.165, 1.54) is 0 Å². The number of isocyanates is 2. The zero-order valence-corrected chi connectivity index (χ0v) is 30.4. The molecule has 1 rings (SSSR count). The summed E-state index contributed by atoms with van der Waals surface area (Å²) < 4.78 is 440. The number of aliphatic imine (C=N–C) groups is 2. The fourth-order valence-electron chi connectivity index (χ4n) is 4.69. The summed E-state index contributed by atoms with van der Waals surface area (Å²) in [6, 6.07) is -0.587. The average Bonchev–Trinajstić information content (AvgIpc) is 3.14. The van der Waals surface area contributed by atoms with Crippen molar-refractivity contribution in [1.82, 2.24) is 5.32 Å². The molecular weight excluding hydrogens is 1050 g/mol. The van der Waals surface area contributed by atoms with Gasteiger partial charge in [-0.05, 0) is 18.6 Å². The zero-order valence-electron chi connectivity index (χ0n) is 30.4. The monoisotopic (exact) mass is 1060 g/mol. The van der Waals surface area contributed by atoms with E-state index in [0.29, 0.717) is 19.1 Å². The molecule has 0 aliphatic heterocycles. The molecule has 0 unspecified atom stereocenters. The number of nitrogens with one attached hydrogen (secondary N) is 1. The Morgan fingerprint density at radius 1 is 0.493 bits per heavy atom. The Bertz CT molecular complexity index is 2190. The molecule has 0 saturated heterocycles. The van der Waals surface area contributed by atoms with Crippen LogP contribution in [0.4, 0.5) is 147 Å². The first kappa shape index (κ1) is 59.8. The molecule has 0 aliphatic rings. The number of benzene rings is 1. The highest BCUT2D eigenvalue weighted by Gasteiger charge is 3.01. The van der Waals surface area contributed by atoms with Crippen molar-refractivity contribution >= 4 is 35.4 Å². The minimum absolute atomic E-state index is 0.262. The minimum Gasteiger partial charge on any atom is -0.445 e. The summed E-state index contributed by atoms with van der Waals surface area (Å²) in [5.74, 6) is -139. The van der Waals surface area contributed by atoms with Gasteiger partial charge < -0.3 is 10.1 Å². The summed E-state index contributed by atoms with van der Waals surface area (Å²) in [6.07, 6.45) is -7.61. The summed E-state index contributed by atoms with van der Waals surface area (Å²) in [5.41, 5.74) is -11.7. The van der Waals surface area contributed by atoms with Crippen LogP contribution in [0.15, 0.2) is 16.1 Å². The molecule has 0 bridgehead atoms. The normalized spacial score (nSPS) is 15.1. The third kappa shape index (κ3) is 7.92. The molecule has 0 saturated carbocycles. The largest absolute Gasteiger partial charge is 0.460 e. The van der Waals surface area contributed by atoms with Gasteiger partial charge in [0, 0.05) is 12.5 Å². The highest BCUT2D eigenvalue weighted by Crippen LogP contribution is 2.70. The second-order valence-electron chi connectivity index (χ2n) is 12.5. The molecular formula is C28H10F31N3O5. The van der Waals surface area contributed by atoms with Crippen LogP contribution in [0, 0.1) is 6.92 Å². The van der Waals surface area contributed by atoms with Crippen molar-refractivity contribution in [2.75, 3.05) is 6.73 Å². The Kier molecular flexibility index (Phi) is 15.0. The van der Waals surface area contributed by atoms with Crippen molar-refractivity contribution in [3.8, 4) is 0 Å². The van der Waals surface area contributed by atoms with Crippen molar-refractivity contribution in [1.29, 1.82) is 0 Å². The SMILES string of the molecule is CC(=O)OCNC(=O)c1cc(N=C=O)c(N=C=O)c(C)c1C(F)(F)C(F)(F)C(F)(F)C(F)(F)C(F)(F)C(F)(F)C(F)(F)C(F)(F)C(F)(F)C(F)(F)C(F)(F)C(F)(F)C(F)(F)C(F)(F)C(F)(F)F. The van der Waals surface area contributed by atoms with Crippen molar-refractivity contribution in [2.45, 2.75) is 103 Å². The van der Waals surface area contributed by atoms with E-state index in [4.69, 9.17) is 0 Å². The van der Waals surface area contributed by atoms with Crippen LogP contribution >= 0.6 is 0 Å². The second-order valence-corrected chi connectivity index (χ2v) is 12.5. The second kappa shape index (κ2) is 16.8. The number of carbonyl (C=O) groups is 2. The van der Waals surface area contributed by atoms with Crippen molar-refractivity contribution in [2.24, 2.45) is 9.98 Å². The van der Waals surface area contributed by atoms with Gasteiger partial charge in [0.25, 0.3) is 5.91 Å². The number of hydrogen-bond acceptors (Lipinski definition) is 7. The fourth-order valence-corrected chi connectivity index (χ4v) is 4.69. The van der Waals surface area contributed by atoms with Gasteiger partial charge >= 0.3 is 95.1 Å². The number of amides is 1. The smallest absolute Gasteiger partial charge is 0.445 e. The topological polar surface area (TPSA) is 114 Å². The molecule has 1 aromatic carbocycles. The Morgan fingerprint density at radius 3 is 1.04 bits per heavy atom. The highest BCUT2D eigenvalue weighted by molar-refractivity contribution is 5.99. The Morgan fingerprint density at radius 2 is 0.776 bits per heavy atom. The van der Waals surface area contributed by atoms with Gasteiger partial charge in [0.2, 0.25) is 12.2 Å². The van der Waals surface area contributed by atoms with Gasteiger partial charge in [-0.15, -0.1) is 0 Å². The first-order valence-electron chi connectivity index (χ1n) is 15.2. The summed E-state index contributed by atoms with van der Waals surface area (Å²) in [6.45, 7) is -1.42. The third-order valence-electron chi connectivity index (χ3n) is 8.40. The van der Waals surface area contributed by atoms with Crippen LogP contribution in [-0.2, 0) is 25.0 Å². The molecule has 384 valence electrons. The lowest BCUT2D eigenvalue weighted by Gasteiger charge is -2.46. The number of alkyl halides is 31. The lowest BCUT2D eigenvalue weighted by molar-refractivity contribution is -0.489. The predicted molar refractivity (Wildman–Crippen MR) is 145 cm³/mol. The molecule has 0 aromatic heterocycles. The quantitative estimate of drug-likeness (QED) is 0.0487. The number of halogens is 31. The first-order chi connectivity index (χ1) is 29.1. The number of nitrogens with zero attached hydrogens (tertiary/aromatic N) is 2. The minimum atomic E-state index is -10.2. The molecule has 1 N–H and O–H groups in total. The summed E-state index contributed by atoms with van der Waals surface area (Å²) in [7, 11) is 0. The predicted octanol–water partition coefficient (Wildman–Crippen LogP) is 11.1. The number of hydrogen-bond donors (Lipinski definition) is 1. The maximum Gasteiger partial charge on any atom is 0.460 e. The third-order valence-corrected chi connectivity index (χ3v) is 8.40. The van der Waals surface area contributed by atoms with Gasteiger partial charge in [0.1, 0.15) is 11.4 Å². The number of carbonyl (C=O) groups excluding carboxylic acids is 4. The van der Waals surface area contributed by atoms with Gasteiger partial charge in [-0.2, -0.15) is 146 Å². The first-order valence-corrected chi connectivity index (χ1v) is 15.2. The zero-order chi connectivity index (χ0) is 54.2. The van der Waals surface area contributed by atoms with Gasteiger partial charge in [-0.25, -0.2) is 9.59 Å². The van der Waals surface area contributed by atoms with E-state index in [1.54, 1.807) is 0 Å². The molecule has 0 heterocycles. The molecule has 0 atom stereocenters. The van der Waals surface area contributed by atoms with Gasteiger partial charge in [0.15, 0.2) is 6.73 Å². The van der Waals surface area contributed by atoms with E-state index in [-0.39, 0.29) is 6.92 Å². The van der Waals surface area contributed by atoms with E-state index in [2.05, 4.69) is 14.7 Å². The molecule has 1 amide bonds. The average molecular weight is 1060 g/mol. The molecule has 39 heteroatoms. The van der Waals surface area contributed by atoms with Crippen LogP contribution in [0.2, 0.25) is 0 Å². The standard InChI is InChI=1S/C28H10F31N3O5/c1-7-11(9(13(66)62-6-67-8(2)65)3-10(60-4-63)12(7)61-5-64)14(29,30)15(31,32)16(33,34)17(35,36)18(37,38)19(39,40)20(41,42)21(43,44)22(45,46)23(47,48)24(49,50)25(51,52)26(53,54)27(55,56)28(57,58)59/h3H,6H2,1-2H3,(H,62,66). The fraction of sp³-hybridized carbons (Fsp3) is 0.643.